The first-order valence-electron chi connectivity index (χ1n) is 11.8. The van der Waals surface area contributed by atoms with Crippen LogP contribution in [0.5, 0.6) is 0 Å². The Morgan fingerprint density at radius 3 is 2.10 bits per heavy atom. The molecule has 0 radical (unpaired) electrons. The minimum absolute atomic E-state index is 0.0450. The third-order valence-corrected chi connectivity index (χ3v) is 10.6. The van der Waals surface area contributed by atoms with Gasteiger partial charge in [0.15, 0.2) is 0 Å². The van der Waals surface area contributed by atoms with Gasteiger partial charge in [0.2, 0.25) is 10.0 Å². The smallest absolute Gasteiger partial charge is 0.243 e. The van der Waals surface area contributed by atoms with E-state index >= 15 is 0 Å². The van der Waals surface area contributed by atoms with Crippen LogP contribution in [0, 0.1) is 42.9 Å². The van der Waals surface area contributed by atoms with Crippen LogP contribution in [-0.2, 0) is 14.8 Å². The highest BCUT2D eigenvalue weighted by molar-refractivity contribution is 7.89. The Balaban J connectivity index is 1.22. The van der Waals surface area contributed by atoms with Gasteiger partial charge < -0.3 is 0 Å². The molecule has 1 aromatic rings. The second-order valence-corrected chi connectivity index (χ2v) is 12.9. The molecule has 5 aliphatic rings. The molecule has 0 spiro atoms. The lowest BCUT2D eigenvalue weighted by molar-refractivity contribution is -0.132. The quantitative estimate of drug-likeness (QED) is 0.670. The van der Waals surface area contributed by atoms with Gasteiger partial charge in [-0.1, -0.05) is 17.7 Å². The number of sulfonamides is 1. The van der Waals surface area contributed by atoms with Crippen LogP contribution < -0.4 is 0 Å². The molecule has 0 amide bonds. The Hall–Kier alpha value is -1.20. The van der Waals surface area contributed by atoms with Crippen LogP contribution in [0.25, 0.3) is 0 Å². The molecule has 0 N–H and O–H groups in total. The van der Waals surface area contributed by atoms with E-state index in [4.69, 9.17) is 0 Å². The molecule has 6 rings (SSSR count). The SMILES string of the molecule is Cc1ccc(S(=O)(=O)N2CCC(C(=O)CC34CC5CC(CC(C5)C3)C4)CC2)c(C)c1. The summed E-state index contributed by atoms with van der Waals surface area (Å²) in [6, 6.07) is 5.51. The molecule has 4 bridgehead atoms. The Bertz CT molecular complexity index is 908. The number of Topliss-reactive ketones (excluding diaryl/α,β-unsaturated/α-hetero) is 1. The van der Waals surface area contributed by atoms with Gasteiger partial charge in [-0.05, 0) is 100 Å². The van der Waals surface area contributed by atoms with Crippen molar-refractivity contribution in [3.8, 4) is 0 Å². The van der Waals surface area contributed by atoms with Gasteiger partial charge in [-0.25, -0.2) is 8.42 Å². The van der Waals surface area contributed by atoms with E-state index < -0.39 is 10.0 Å². The Kier molecular flexibility index (Phi) is 5.13. The maximum absolute atomic E-state index is 13.2. The molecule has 0 atom stereocenters. The monoisotopic (exact) mass is 429 g/mol. The number of aryl methyl sites for hydroxylation is 2. The van der Waals surface area contributed by atoms with Crippen molar-refractivity contribution in [2.75, 3.05) is 13.1 Å². The molecule has 1 aromatic carbocycles. The largest absolute Gasteiger partial charge is 0.299 e. The summed E-state index contributed by atoms with van der Waals surface area (Å²) in [7, 11) is -3.48. The fourth-order valence-corrected chi connectivity index (χ4v) is 9.34. The van der Waals surface area contributed by atoms with Gasteiger partial charge in [0.25, 0.3) is 0 Å². The molecule has 0 aromatic heterocycles. The normalized spacial score (nSPS) is 34.4. The lowest BCUT2D eigenvalue weighted by Crippen LogP contribution is -2.48. The van der Waals surface area contributed by atoms with Crippen LogP contribution in [0.1, 0.15) is 68.9 Å². The fraction of sp³-hybridized carbons (Fsp3) is 0.720. The van der Waals surface area contributed by atoms with E-state index in [-0.39, 0.29) is 11.3 Å². The highest BCUT2D eigenvalue weighted by Crippen LogP contribution is 2.61. The van der Waals surface area contributed by atoms with Gasteiger partial charge in [0.05, 0.1) is 4.90 Å². The number of hydrogen-bond donors (Lipinski definition) is 0. The zero-order valence-electron chi connectivity index (χ0n) is 18.4. The summed E-state index contributed by atoms with van der Waals surface area (Å²) in [4.78, 5) is 13.6. The van der Waals surface area contributed by atoms with Crippen LogP contribution in [0.2, 0.25) is 0 Å². The van der Waals surface area contributed by atoms with E-state index in [9.17, 15) is 13.2 Å². The van der Waals surface area contributed by atoms with Crippen LogP contribution in [0.3, 0.4) is 0 Å². The first-order chi connectivity index (χ1) is 14.2. The van der Waals surface area contributed by atoms with E-state index in [0.717, 1.165) is 35.3 Å². The van der Waals surface area contributed by atoms with Crippen molar-refractivity contribution in [3.05, 3.63) is 29.3 Å². The minimum Gasteiger partial charge on any atom is -0.299 e. The Morgan fingerprint density at radius 2 is 1.57 bits per heavy atom. The zero-order valence-corrected chi connectivity index (χ0v) is 19.2. The number of piperidine rings is 1. The van der Waals surface area contributed by atoms with Crippen molar-refractivity contribution in [3.63, 3.8) is 0 Å². The summed E-state index contributed by atoms with van der Waals surface area (Å²) in [6.07, 6.45) is 10.1. The summed E-state index contributed by atoms with van der Waals surface area (Å²) >= 11 is 0. The molecular formula is C25H35NO3S. The van der Waals surface area contributed by atoms with Gasteiger partial charge >= 0.3 is 0 Å². The van der Waals surface area contributed by atoms with Crippen molar-refractivity contribution in [2.45, 2.75) is 76.5 Å². The van der Waals surface area contributed by atoms with E-state index in [0.29, 0.717) is 36.6 Å². The molecule has 1 aliphatic heterocycles. The minimum atomic E-state index is -3.48. The van der Waals surface area contributed by atoms with Crippen molar-refractivity contribution in [1.82, 2.24) is 4.31 Å². The fourth-order valence-electron chi connectivity index (χ4n) is 7.67. The number of ketones is 1. The molecule has 4 saturated carbocycles. The second-order valence-electron chi connectivity index (χ2n) is 11.0. The van der Waals surface area contributed by atoms with Gasteiger partial charge in [0, 0.05) is 25.4 Å². The summed E-state index contributed by atoms with van der Waals surface area (Å²) in [5.74, 6) is 3.07. The molecule has 5 heteroatoms. The van der Waals surface area contributed by atoms with Gasteiger partial charge in [-0.15, -0.1) is 0 Å². The highest BCUT2D eigenvalue weighted by Gasteiger charge is 2.51. The third-order valence-electron chi connectivity index (χ3n) is 8.57. The molecule has 0 unspecified atom stereocenters. The third kappa shape index (κ3) is 3.66. The Labute approximate surface area is 181 Å². The van der Waals surface area contributed by atoms with E-state index in [1.807, 2.05) is 26.0 Å². The Morgan fingerprint density at radius 1 is 1.00 bits per heavy atom. The summed E-state index contributed by atoms with van der Waals surface area (Å²) < 4.78 is 27.9. The predicted molar refractivity (Wildman–Crippen MR) is 118 cm³/mol. The maximum atomic E-state index is 13.2. The molecule has 30 heavy (non-hydrogen) atoms. The van der Waals surface area contributed by atoms with Gasteiger partial charge in [-0.3, -0.25) is 4.79 Å². The van der Waals surface area contributed by atoms with Crippen molar-refractivity contribution in [2.24, 2.45) is 29.1 Å². The van der Waals surface area contributed by atoms with Crippen molar-refractivity contribution < 1.29 is 13.2 Å². The first kappa shape index (κ1) is 20.7. The zero-order chi connectivity index (χ0) is 21.1. The van der Waals surface area contributed by atoms with Gasteiger partial charge in [-0.2, -0.15) is 4.31 Å². The number of nitrogens with zero attached hydrogens (tertiary/aromatic N) is 1. The van der Waals surface area contributed by atoms with Crippen molar-refractivity contribution in [1.29, 1.82) is 0 Å². The van der Waals surface area contributed by atoms with Crippen LogP contribution in [0.15, 0.2) is 23.1 Å². The standard InChI is InChI=1S/C25H35NO3S/c1-17-3-4-24(18(2)9-17)30(28,29)26-7-5-22(6-8-26)23(27)16-25-13-19-10-20(14-25)12-21(11-19)15-25/h3-4,9,19-22H,5-8,10-16H2,1-2H3. The molecule has 5 fully saturated rings. The maximum Gasteiger partial charge on any atom is 0.243 e. The number of rotatable bonds is 5. The molecule has 4 aliphatic carbocycles. The van der Waals surface area contributed by atoms with Gasteiger partial charge in [0.1, 0.15) is 5.78 Å². The molecule has 164 valence electrons. The molecule has 1 heterocycles. The summed E-state index contributed by atoms with van der Waals surface area (Å²) in [5, 5.41) is 0. The highest BCUT2D eigenvalue weighted by atomic mass is 32.2. The molecular weight excluding hydrogens is 394 g/mol. The predicted octanol–water partition coefficient (Wildman–Crippen LogP) is 4.88. The number of carbonyl (C=O) groups excluding carboxylic acids is 1. The topological polar surface area (TPSA) is 54.5 Å². The average Bonchev–Trinajstić information content (AvgIpc) is 2.66. The van der Waals surface area contributed by atoms with Crippen LogP contribution in [-0.4, -0.2) is 31.6 Å². The van der Waals surface area contributed by atoms with E-state index in [1.165, 1.54) is 38.5 Å². The molecule has 4 nitrogen and oxygen atoms in total. The number of hydrogen-bond acceptors (Lipinski definition) is 3. The first-order valence-corrected chi connectivity index (χ1v) is 13.3. The molecule has 1 saturated heterocycles. The second kappa shape index (κ2) is 7.44. The summed E-state index contributed by atoms with van der Waals surface area (Å²) in [6.45, 7) is 4.77. The van der Waals surface area contributed by atoms with Crippen LogP contribution in [0.4, 0.5) is 0 Å². The average molecular weight is 430 g/mol. The summed E-state index contributed by atoms with van der Waals surface area (Å²) in [5.41, 5.74) is 2.16. The van der Waals surface area contributed by atoms with Crippen LogP contribution >= 0.6 is 0 Å². The van der Waals surface area contributed by atoms with E-state index in [2.05, 4.69) is 0 Å². The lowest BCUT2D eigenvalue weighted by Gasteiger charge is -2.57. The number of benzene rings is 1. The number of carbonyl (C=O) groups is 1. The van der Waals surface area contributed by atoms with Crippen molar-refractivity contribution >= 4 is 15.8 Å². The van der Waals surface area contributed by atoms with E-state index in [1.54, 1.807) is 10.4 Å². The lowest BCUT2D eigenvalue weighted by atomic mass is 9.48.